The molecule has 0 aromatic heterocycles. The number of hydrogen-bond acceptors (Lipinski definition) is 4. The van der Waals surface area contributed by atoms with E-state index in [2.05, 4.69) is 5.32 Å². The topological polar surface area (TPSA) is 75.7 Å². The van der Waals surface area contributed by atoms with Crippen LogP contribution in [-0.4, -0.2) is 34.5 Å². The molecule has 0 unspecified atom stereocenters. The lowest BCUT2D eigenvalue weighted by atomic mass is 10.1. The van der Waals surface area contributed by atoms with E-state index in [1.54, 1.807) is 37.4 Å². The molecule has 1 heterocycles. The molecule has 1 aliphatic heterocycles. The molecule has 8 heteroatoms. The molecule has 166 valence electrons. The van der Waals surface area contributed by atoms with Gasteiger partial charge in [0.05, 0.1) is 17.7 Å². The summed E-state index contributed by atoms with van der Waals surface area (Å²) in [6, 6.07) is 19.0. The maximum absolute atomic E-state index is 13.0. The maximum atomic E-state index is 13.0. The van der Waals surface area contributed by atoms with Crippen molar-refractivity contribution in [1.29, 1.82) is 0 Å². The van der Waals surface area contributed by atoms with Crippen molar-refractivity contribution in [3.63, 3.8) is 0 Å². The molecule has 1 amide bonds. The number of rotatable bonds is 7. The van der Waals surface area contributed by atoms with Gasteiger partial charge in [0.15, 0.2) is 0 Å². The van der Waals surface area contributed by atoms with E-state index in [1.165, 1.54) is 16.4 Å². The normalized spacial score (nSPS) is 13.0. The van der Waals surface area contributed by atoms with Gasteiger partial charge in [0, 0.05) is 23.7 Å². The summed E-state index contributed by atoms with van der Waals surface area (Å²) in [6.45, 7) is 0.835. The zero-order valence-corrected chi connectivity index (χ0v) is 19.1. The molecule has 0 aliphatic carbocycles. The Morgan fingerprint density at radius 2 is 1.78 bits per heavy atom. The van der Waals surface area contributed by atoms with Crippen LogP contribution >= 0.6 is 11.6 Å². The molecule has 0 radical (unpaired) electrons. The van der Waals surface area contributed by atoms with Crippen molar-refractivity contribution in [2.45, 2.75) is 17.7 Å². The zero-order chi connectivity index (χ0) is 22.7. The number of ether oxygens (including phenoxy) is 1. The van der Waals surface area contributed by atoms with E-state index in [0.29, 0.717) is 42.2 Å². The van der Waals surface area contributed by atoms with Crippen LogP contribution in [0.5, 0.6) is 5.75 Å². The summed E-state index contributed by atoms with van der Waals surface area (Å²) in [5, 5.41) is 3.41. The summed E-state index contributed by atoms with van der Waals surface area (Å²) in [6.07, 6.45) is 1.25. The van der Waals surface area contributed by atoms with E-state index >= 15 is 0 Å². The number of benzene rings is 3. The van der Waals surface area contributed by atoms with E-state index in [0.717, 1.165) is 16.9 Å². The van der Waals surface area contributed by atoms with Gasteiger partial charge in [0.1, 0.15) is 5.75 Å². The Morgan fingerprint density at radius 3 is 2.47 bits per heavy atom. The summed E-state index contributed by atoms with van der Waals surface area (Å²) in [5.41, 5.74) is 3.06. The van der Waals surface area contributed by atoms with Gasteiger partial charge in [-0.15, -0.1) is 0 Å². The molecule has 6 nitrogen and oxygen atoms in total. The number of carbonyl (C=O) groups is 1. The van der Waals surface area contributed by atoms with Crippen LogP contribution in [0.2, 0.25) is 5.02 Å². The smallest absolute Gasteiger partial charge is 0.264 e. The highest BCUT2D eigenvalue weighted by Gasteiger charge is 2.31. The SMILES string of the molecule is COc1ccc(CCNC(=O)c2ccc3c(c2)CCN3S(=O)(=O)c2ccc(Cl)cc2)cc1. The molecule has 0 fully saturated rings. The van der Waals surface area contributed by atoms with E-state index in [9.17, 15) is 13.2 Å². The number of halogens is 1. The number of methoxy groups -OCH3 is 1. The first kappa shape index (κ1) is 22.2. The fourth-order valence-corrected chi connectivity index (χ4v) is 5.34. The van der Waals surface area contributed by atoms with Crippen LogP contribution in [0.1, 0.15) is 21.5 Å². The van der Waals surface area contributed by atoms with Gasteiger partial charge in [0.2, 0.25) is 0 Å². The second kappa shape index (κ2) is 9.22. The Hall–Kier alpha value is -3.03. The summed E-state index contributed by atoms with van der Waals surface area (Å²) in [5.74, 6) is 0.614. The number of anilines is 1. The van der Waals surface area contributed by atoms with Crippen molar-refractivity contribution in [2.75, 3.05) is 24.5 Å². The Kier molecular flexibility index (Phi) is 6.39. The Bertz CT molecular complexity index is 1230. The number of fused-ring (bicyclic) bond motifs is 1. The van der Waals surface area contributed by atoms with Gasteiger partial charge >= 0.3 is 0 Å². The fourth-order valence-electron chi connectivity index (χ4n) is 3.71. The van der Waals surface area contributed by atoms with Crippen molar-refractivity contribution >= 4 is 33.2 Å². The minimum atomic E-state index is -3.69. The van der Waals surface area contributed by atoms with E-state index < -0.39 is 10.0 Å². The zero-order valence-electron chi connectivity index (χ0n) is 17.5. The van der Waals surface area contributed by atoms with E-state index in [-0.39, 0.29) is 10.8 Å². The quantitative estimate of drug-likeness (QED) is 0.564. The molecule has 1 aliphatic rings. The average molecular weight is 471 g/mol. The van der Waals surface area contributed by atoms with Crippen LogP contribution in [-0.2, 0) is 22.9 Å². The van der Waals surface area contributed by atoms with Crippen molar-refractivity contribution in [3.8, 4) is 5.75 Å². The van der Waals surface area contributed by atoms with E-state index in [1.807, 2.05) is 24.3 Å². The fraction of sp³-hybridized carbons (Fsp3) is 0.208. The molecule has 3 aromatic carbocycles. The molecule has 0 atom stereocenters. The lowest BCUT2D eigenvalue weighted by Crippen LogP contribution is -2.29. The predicted molar refractivity (Wildman–Crippen MR) is 125 cm³/mol. The number of carbonyl (C=O) groups excluding carboxylic acids is 1. The summed E-state index contributed by atoms with van der Waals surface area (Å²) in [7, 11) is -2.06. The molecular formula is C24H23ClN2O4S. The molecule has 1 N–H and O–H groups in total. The van der Waals surface area contributed by atoms with Crippen LogP contribution < -0.4 is 14.4 Å². The molecule has 0 spiro atoms. The highest BCUT2D eigenvalue weighted by molar-refractivity contribution is 7.92. The largest absolute Gasteiger partial charge is 0.497 e. The standard InChI is InChI=1S/C24H23ClN2O4S/c1-31-21-7-2-17(3-8-21)12-14-26-24(28)19-4-11-23-18(16-19)13-15-27(23)32(29,30)22-9-5-20(25)6-10-22/h2-11,16H,12-15H2,1H3,(H,26,28). The lowest BCUT2D eigenvalue weighted by molar-refractivity contribution is 0.0954. The Morgan fingerprint density at radius 1 is 1.06 bits per heavy atom. The van der Waals surface area contributed by atoms with Crippen LogP contribution in [0, 0.1) is 0 Å². The monoisotopic (exact) mass is 470 g/mol. The maximum Gasteiger partial charge on any atom is 0.264 e. The van der Waals surface area contributed by atoms with Crippen LogP contribution in [0.4, 0.5) is 5.69 Å². The lowest BCUT2D eigenvalue weighted by Gasteiger charge is -2.19. The summed E-state index contributed by atoms with van der Waals surface area (Å²) >= 11 is 5.88. The number of nitrogens with one attached hydrogen (secondary N) is 1. The number of amides is 1. The van der Waals surface area contributed by atoms with Gasteiger partial charge in [-0.1, -0.05) is 23.7 Å². The van der Waals surface area contributed by atoms with Crippen molar-refractivity contribution in [1.82, 2.24) is 5.32 Å². The summed E-state index contributed by atoms with van der Waals surface area (Å²) in [4.78, 5) is 12.8. The van der Waals surface area contributed by atoms with Gasteiger partial charge in [-0.3, -0.25) is 9.10 Å². The number of nitrogens with zero attached hydrogens (tertiary/aromatic N) is 1. The number of hydrogen-bond donors (Lipinski definition) is 1. The van der Waals surface area contributed by atoms with E-state index in [4.69, 9.17) is 16.3 Å². The third-order valence-corrected chi connectivity index (χ3v) is 7.53. The van der Waals surface area contributed by atoms with Gasteiger partial charge in [-0.25, -0.2) is 8.42 Å². The second-order valence-corrected chi connectivity index (χ2v) is 9.78. The van der Waals surface area contributed by atoms with Gasteiger partial charge in [0.25, 0.3) is 15.9 Å². The molecule has 0 bridgehead atoms. The van der Waals surface area contributed by atoms with Gasteiger partial charge in [-0.05, 0) is 78.6 Å². The highest BCUT2D eigenvalue weighted by Crippen LogP contribution is 2.33. The minimum absolute atomic E-state index is 0.180. The first-order chi connectivity index (χ1) is 15.4. The van der Waals surface area contributed by atoms with Crippen LogP contribution in [0.15, 0.2) is 71.6 Å². The van der Waals surface area contributed by atoms with Gasteiger partial charge in [-0.2, -0.15) is 0 Å². The van der Waals surface area contributed by atoms with Gasteiger partial charge < -0.3 is 10.1 Å². The van der Waals surface area contributed by atoms with Crippen molar-refractivity contribution in [3.05, 3.63) is 88.4 Å². The molecule has 32 heavy (non-hydrogen) atoms. The Balaban J connectivity index is 1.42. The molecule has 3 aromatic rings. The molecule has 4 rings (SSSR count). The molecular weight excluding hydrogens is 448 g/mol. The molecule has 0 saturated carbocycles. The molecule has 0 saturated heterocycles. The number of sulfonamides is 1. The Labute approximate surface area is 192 Å². The average Bonchev–Trinajstić information content (AvgIpc) is 3.24. The third kappa shape index (κ3) is 4.59. The minimum Gasteiger partial charge on any atom is -0.497 e. The highest BCUT2D eigenvalue weighted by atomic mass is 35.5. The van der Waals surface area contributed by atoms with Crippen LogP contribution in [0.3, 0.4) is 0 Å². The first-order valence-corrected chi connectivity index (χ1v) is 12.0. The van der Waals surface area contributed by atoms with Crippen LogP contribution in [0.25, 0.3) is 0 Å². The second-order valence-electron chi connectivity index (χ2n) is 7.48. The van der Waals surface area contributed by atoms with Crippen molar-refractivity contribution in [2.24, 2.45) is 0 Å². The summed E-state index contributed by atoms with van der Waals surface area (Å²) < 4.78 is 32.6. The predicted octanol–water partition coefficient (Wildman–Crippen LogP) is 4.07. The third-order valence-electron chi connectivity index (χ3n) is 5.45. The first-order valence-electron chi connectivity index (χ1n) is 10.2. The van der Waals surface area contributed by atoms with Crippen molar-refractivity contribution < 1.29 is 17.9 Å².